The number of carbonyl (C=O) groups is 2. The number of cyclic esters (lactones) is 1. The number of benzene rings is 2. The van der Waals surface area contributed by atoms with E-state index in [2.05, 4.69) is 19.2 Å². The highest BCUT2D eigenvalue weighted by molar-refractivity contribution is 5.95. The van der Waals surface area contributed by atoms with E-state index in [1.807, 2.05) is 24.3 Å². The number of rotatable bonds is 5. The molecule has 7 heteroatoms. The Morgan fingerprint density at radius 3 is 2.64 bits per heavy atom. The second kappa shape index (κ2) is 7.42. The van der Waals surface area contributed by atoms with Gasteiger partial charge in [0.2, 0.25) is 6.79 Å². The highest BCUT2D eigenvalue weighted by Gasteiger charge is 2.32. The van der Waals surface area contributed by atoms with Crippen LogP contribution in [-0.2, 0) is 4.74 Å². The van der Waals surface area contributed by atoms with E-state index in [1.165, 1.54) is 5.56 Å². The van der Waals surface area contributed by atoms with Crippen molar-refractivity contribution in [1.82, 2.24) is 5.32 Å². The van der Waals surface area contributed by atoms with E-state index in [1.54, 1.807) is 23.1 Å². The van der Waals surface area contributed by atoms with E-state index in [9.17, 15) is 9.59 Å². The molecule has 2 aliphatic heterocycles. The SMILES string of the molecule is CC(C)c1ccc(N2CC(CNC(=O)c3ccc4c(c3)OCO4)OC2=O)cc1. The second-order valence-corrected chi connectivity index (χ2v) is 7.14. The normalized spacial score (nSPS) is 17.8. The maximum absolute atomic E-state index is 12.4. The molecule has 2 aliphatic rings. The van der Waals surface area contributed by atoms with Crippen LogP contribution < -0.4 is 19.7 Å². The number of hydrogen-bond acceptors (Lipinski definition) is 5. The Morgan fingerprint density at radius 2 is 1.89 bits per heavy atom. The monoisotopic (exact) mass is 382 g/mol. The summed E-state index contributed by atoms with van der Waals surface area (Å²) in [6, 6.07) is 12.9. The molecule has 2 aromatic rings. The quantitative estimate of drug-likeness (QED) is 0.859. The van der Waals surface area contributed by atoms with Gasteiger partial charge in [-0.1, -0.05) is 26.0 Å². The zero-order chi connectivity index (χ0) is 19.7. The number of anilines is 1. The van der Waals surface area contributed by atoms with Crippen LogP contribution in [0.15, 0.2) is 42.5 Å². The number of hydrogen-bond donors (Lipinski definition) is 1. The highest BCUT2D eigenvalue weighted by Crippen LogP contribution is 2.32. The molecule has 0 saturated carbocycles. The molecule has 2 aromatic carbocycles. The van der Waals surface area contributed by atoms with Gasteiger partial charge < -0.3 is 19.5 Å². The third-order valence-electron chi connectivity index (χ3n) is 4.87. The van der Waals surface area contributed by atoms with Crippen molar-refractivity contribution in [1.29, 1.82) is 0 Å². The van der Waals surface area contributed by atoms with E-state index in [4.69, 9.17) is 14.2 Å². The summed E-state index contributed by atoms with van der Waals surface area (Å²) < 4.78 is 15.9. The molecule has 4 rings (SSSR count). The molecule has 2 heterocycles. The predicted molar refractivity (Wildman–Crippen MR) is 103 cm³/mol. The summed E-state index contributed by atoms with van der Waals surface area (Å²) >= 11 is 0. The number of nitrogens with zero attached hydrogens (tertiary/aromatic N) is 1. The third-order valence-corrected chi connectivity index (χ3v) is 4.87. The lowest BCUT2D eigenvalue weighted by Crippen LogP contribution is -2.34. The minimum atomic E-state index is -0.407. The first-order chi connectivity index (χ1) is 13.5. The van der Waals surface area contributed by atoms with Crippen molar-refractivity contribution in [2.45, 2.75) is 25.9 Å². The molecule has 0 radical (unpaired) electrons. The average molecular weight is 382 g/mol. The van der Waals surface area contributed by atoms with Gasteiger partial charge in [0.05, 0.1) is 13.1 Å². The first-order valence-corrected chi connectivity index (χ1v) is 9.27. The minimum Gasteiger partial charge on any atom is -0.454 e. The average Bonchev–Trinajstić information content (AvgIpc) is 3.31. The summed E-state index contributed by atoms with van der Waals surface area (Å²) in [6.45, 7) is 5.03. The fraction of sp³-hybridized carbons (Fsp3) is 0.333. The van der Waals surface area contributed by atoms with Crippen LogP contribution in [0, 0.1) is 0 Å². The van der Waals surface area contributed by atoms with E-state index in [0.29, 0.717) is 29.5 Å². The van der Waals surface area contributed by atoms with Gasteiger partial charge in [0.1, 0.15) is 6.10 Å². The van der Waals surface area contributed by atoms with Crippen molar-refractivity contribution < 1.29 is 23.8 Å². The number of fused-ring (bicyclic) bond motifs is 1. The Labute approximate surface area is 163 Å². The molecule has 1 saturated heterocycles. The Morgan fingerprint density at radius 1 is 1.14 bits per heavy atom. The molecule has 1 fully saturated rings. The Bertz CT molecular complexity index is 894. The van der Waals surface area contributed by atoms with Crippen molar-refractivity contribution in [3.63, 3.8) is 0 Å². The maximum atomic E-state index is 12.4. The molecule has 1 N–H and O–H groups in total. The van der Waals surface area contributed by atoms with E-state index in [0.717, 1.165) is 5.69 Å². The van der Waals surface area contributed by atoms with Gasteiger partial charge in [0.15, 0.2) is 11.5 Å². The summed E-state index contributed by atoms with van der Waals surface area (Å²) in [4.78, 5) is 26.2. The Hall–Kier alpha value is -3.22. The lowest BCUT2D eigenvalue weighted by atomic mass is 10.0. The van der Waals surface area contributed by atoms with Crippen molar-refractivity contribution in [2.75, 3.05) is 24.8 Å². The highest BCUT2D eigenvalue weighted by atomic mass is 16.7. The Balaban J connectivity index is 1.35. The zero-order valence-corrected chi connectivity index (χ0v) is 15.8. The smallest absolute Gasteiger partial charge is 0.414 e. The fourth-order valence-electron chi connectivity index (χ4n) is 3.22. The molecule has 7 nitrogen and oxygen atoms in total. The van der Waals surface area contributed by atoms with Crippen LogP contribution in [-0.4, -0.2) is 38.0 Å². The lowest BCUT2D eigenvalue weighted by molar-refractivity contribution is 0.0915. The zero-order valence-electron chi connectivity index (χ0n) is 15.8. The Kier molecular flexibility index (Phi) is 4.81. The number of ether oxygens (including phenoxy) is 3. The first kappa shape index (κ1) is 18.2. The standard InChI is InChI=1S/C21H22N2O5/c1-13(2)14-3-6-16(7-4-14)23-11-17(28-21(23)25)10-22-20(24)15-5-8-18-19(9-15)27-12-26-18/h3-9,13,17H,10-12H2,1-2H3,(H,22,24). The summed E-state index contributed by atoms with van der Waals surface area (Å²) in [5, 5.41) is 2.81. The second-order valence-electron chi connectivity index (χ2n) is 7.14. The van der Waals surface area contributed by atoms with Crippen LogP contribution in [0.1, 0.15) is 35.7 Å². The van der Waals surface area contributed by atoms with Gasteiger partial charge in [-0.25, -0.2) is 4.79 Å². The molecular formula is C21H22N2O5. The summed E-state index contributed by atoms with van der Waals surface area (Å²) in [6.07, 6.45) is -0.810. The van der Waals surface area contributed by atoms with Crippen molar-refractivity contribution >= 4 is 17.7 Å². The topological polar surface area (TPSA) is 77.1 Å². The largest absolute Gasteiger partial charge is 0.454 e. The number of nitrogens with one attached hydrogen (secondary N) is 1. The van der Waals surface area contributed by atoms with Gasteiger partial charge in [-0.15, -0.1) is 0 Å². The first-order valence-electron chi connectivity index (χ1n) is 9.27. The van der Waals surface area contributed by atoms with Crippen molar-refractivity contribution in [3.8, 4) is 11.5 Å². The van der Waals surface area contributed by atoms with E-state index >= 15 is 0 Å². The van der Waals surface area contributed by atoms with Gasteiger partial charge in [-0.2, -0.15) is 0 Å². The summed E-state index contributed by atoms with van der Waals surface area (Å²) in [5.41, 5.74) is 2.47. The molecule has 0 bridgehead atoms. The molecule has 0 aliphatic carbocycles. The molecule has 0 aromatic heterocycles. The molecule has 2 amide bonds. The predicted octanol–water partition coefficient (Wildman–Crippen LogP) is 3.29. The van der Waals surface area contributed by atoms with Gasteiger partial charge >= 0.3 is 6.09 Å². The molecule has 1 unspecified atom stereocenters. The van der Waals surface area contributed by atoms with Crippen molar-refractivity contribution in [2.24, 2.45) is 0 Å². The summed E-state index contributed by atoms with van der Waals surface area (Å²) in [7, 11) is 0. The summed E-state index contributed by atoms with van der Waals surface area (Å²) in [5.74, 6) is 1.35. The number of amides is 2. The molecule has 1 atom stereocenters. The van der Waals surface area contributed by atoms with Crippen LogP contribution in [0.5, 0.6) is 11.5 Å². The van der Waals surface area contributed by atoms with Gasteiger partial charge in [0.25, 0.3) is 5.91 Å². The van der Waals surface area contributed by atoms with Crippen LogP contribution in [0.3, 0.4) is 0 Å². The van der Waals surface area contributed by atoms with E-state index < -0.39 is 12.2 Å². The molecule has 146 valence electrons. The van der Waals surface area contributed by atoms with Crippen LogP contribution in [0.4, 0.5) is 10.5 Å². The van der Waals surface area contributed by atoms with Gasteiger partial charge in [0, 0.05) is 11.3 Å². The van der Waals surface area contributed by atoms with Crippen molar-refractivity contribution in [3.05, 3.63) is 53.6 Å². The minimum absolute atomic E-state index is 0.159. The van der Waals surface area contributed by atoms with Gasteiger partial charge in [-0.05, 0) is 41.8 Å². The third kappa shape index (κ3) is 3.60. The van der Waals surface area contributed by atoms with Crippen LogP contribution >= 0.6 is 0 Å². The molecular weight excluding hydrogens is 360 g/mol. The fourth-order valence-corrected chi connectivity index (χ4v) is 3.22. The number of carbonyl (C=O) groups excluding carboxylic acids is 2. The van der Waals surface area contributed by atoms with Crippen LogP contribution in [0.2, 0.25) is 0 Å². The van der Waals surface area contributed by atoms with Crippen LogP contribution in [0.25, 0.3) is 0 Å². The molecule has 28 heavy (non-hydrogen) atoms. The van der Waals surface area contributed by atoms with E-state index in [-0.39, 0.29) is 19.2 Å². The maximum Gasteiger partial charge on any atom is 0.414 e. The lowest BCUT2D eigenvalue weighted by Gasteiger charge is -2.14. The van der Waals surface area contributed by atoms with Gasteiger partial charge in [-0.3, -0.25) is 9.69 Å². The molecule has 0 spiro atoms.